The summed E-state index contributed by atoms with van der Waals surface area (Å²) in [5.74, 6) is 0.115. The number of thiazole rings is 1. The van der Waals surface area contributed by atoms with E-state index in [1.807, 2.05) is 41.5 Å². The molecule has 0 aliphatic carbocycles. The molecule has 1 aliphatic rings. The minimum Gasteiger partial charge on any atom is -0.355 e. The summed E-state index contributed by atoms with van der Waals surface area (Å²) >= 11 is 5.01. The van der Waals surface area contributed by atoms with Crippen molar-refractivity contribution in [2.75, 3.05) is 19.6 Å². The molecule has 1 saturated heterocycles. The molecule has 2 amide bonds. The Bertz CT molecular complexity index is 767. The first kappa shape index (κ1) is 19.0. The van der Waals surface area contributed by atoms with Crippen LogP contribution >= 0.6 is 27.3 Å². The Hall–Kier alpha value is -1.73. The average molecular weight is 436 g/mol. The number of rotatable bonds is 5. The number of benzene rings is 1. The van der Waals surface area contributed by atoms with Gasteiger partial charge in [-0.25, -0.2) is 4.98 Å². The molecule has 2 aromatic rings. The van der Waals surface area contributed by atoms with Crippen LogP contribution in [0.1, 0.15) is 33.9 Å². The maximum Gasteiger partial charge on any atom is 0.253 e. The third-order valence-electron chi connectivity index (χ3n) is 4.59. The van der Waals surface area contributed by atoms with Crippen molar-refractivity contribution in [2.45, 2.75) is 26.2 Å². The van der Waals surface area contributed by atoms with Crippen molar-refractivity contribution in [1.82, 2.24) is 15.2 Å². The lowest BCUT2D eigenvalue weighted by molar-refractivity contribution is -0.126. The van der Waals surface area contributed by atoms with E-state index >= 15 is 0 Å². The Labute approximate surface area is 165 Å². The van der Waals surface area contributed by atoms with E-state index in [0.29, 0.717) is 38.0 Å². The Kier molecular flexibility index (Phi) is 6.43. The number of nitrogens with zero attached hydrogens (tertiary/aromatic N) is 2. The van der Waals surface area contributed by atoms with E-state index in [4.69, 9.17) is 0 Å². The fourth-order valence-electron chi connectivity index (χ4n) is 3.10. The van der Waals surface area contributed by atoms with E-state index in [2.05, 4.69) is 26.2 Å². The number of likely N-dealkylation sites (tertiary alicyclic amines) is 1. The van der Waals surface area contributed by atoms with Gasteiger partial charge in [-0.05, 0) is 44.0 Å². The van der Waals surface area contributed by atoms with E-state index < -0.39 is 0 Å². The molecule has 138 valence electrons. The van der Waals surface area contributed by atoms with Crippen LogP contribution in [0.4, 0.5) is 0 Å². The van der Waals surface area contributed by atoms with Crippen molar-refractivity contribution in [3.8, 4) is 0 Å². The molecule has 26 heavy (non-hydrogen) atoms. The first-order valence-corrected chi connectivity index (χ1v) is 10.4. The lowest BCUT2D eigenvalue weighted by atomic mass is 9.95. The van der Waals surface area contributed by atoms with Crippen molar-refractivity contribution in [3.63, 3.8) is 0 Å². The predicted octanol–water partition coefficient (Wildman–Crippen LogP) is 3.43. The quantitative estimate of drug-likeness (QED) is 0.782. The third kappa shape index (κ3) is 4.92. The van der Waals surface area contributed by atoms with Gasteiger partial charge >= 0.3 is 0 Å². The summed E-state index contributed by atoms with van der Waals surface area (Å²) in [6.45, 7) is 3.84. The number of carbonyl (C=O) groups is 2. The van der Waals surface area contributed by atoms with Gasteiger partial charge in [-0.2, -0.15) is 0 Å². The van der Waals surface area contributed by atoms with Gasteiger partial charge in [0.2, 0.25) is 5.91 Å². The number of hydrogen-bond acceptors (Lipinski definition) is 4. The number of carbonyl (C=O) groups excluding carboxylic acids is 2. The van der Waals surface area contributed by atoms with Gasteiger partial charge in [0.1, 0.15) is 0 Å². The number of hydrogen-bond donors (Lipinski definition) is 1. The number of piperidine rings is 1. The van der Waals surface area contributed by atoms with Gasteiger partial charge in [-0.15, -0.1) is 11.3 Å². The van der Waals surface area contributed by atoms with Gasteiger partial charge in [-0.3, -0.25) is 9.59 Å². The third-order valence-corrected chi connectivity index (χ3v) is 5.94. The Morgan fingerprint density at radius 1 is 1.27 bits per heavy atom. The molecule has 2 heterocycles. The molecular weight excluding hydrogens is 414 g/mol. The zero-order chi connectivity index (χ0) is 18.5. The monoisotopic (exact) mass is 435 g/mol. The summed E-state index contributed by atoms with van der Waals surface area (Å²) in [5.41, 5.74) is 1.72. The number of aryl methyl sites for hydroxylation is 1. The van der Waals surface area contributed by atoms with Crippen molar-refractivity contribution in [1.29, 1.82) is 0 Å². The Morgan fingerprint density at radius 3 is 2.58 bits per heavy atom. The molecule has 1 aliphatic heterocycles. The molecule has 1 fully saturated rings. The maximum absolute atomic E-state index is 12.5. The predicted molar refractivity (Wildman–Crippen MR) is 106 cm³/mol. The van der Waals surface area contributed by atoms with E-state index in [1.54, 1.807) is 11.3 Å². The summed E-state index contributed by atoms with van der Waals surface area (Å²) in [7, 11) is 0. The number of aromatic nitrogens is 1. The van der Waals surface area contributed by atoms with Crippen LogP contribution in [0.2, 0.25) is 0 Å². The fourth-order valence-corrected chi connectivity index (χ4v) is 4.01. The van der Waals surface area contributed by atoms with Crippen LogP contribution in [0, 0.1) is 12.8 Å². The first-order valence-electron chi connectivity index (χ1n) is 8.76. The second kappa shape index (κ2) is 8.77. The molecule has 0 saturated carbocycles. The van der Waals surface area contributed by atoms with Crippen molar-refractivity contribution < 1.29 is 9.59 Å². The number of halogens is 1. The molecule has 1 N–H and O–H groups in total. The summed E-state index contributed by atoms with van der Waals surface area (Å²) in [5, 5.41) is 6.09. The molecule has 1 aromatic heterocycles. The minimum absolute atomic E-state index is 0.0128. The van der Waals surface area contributed by atoms with Crippen LogP contribution in [0.3, 0.4) is 0 Å². The molecule has 5 nitrogen and oxygen atoms in total. The van der Waals surface area contributed by atoms with E-state index in [0.717, 1.165) is 21.6 Å². The molecule has 7 heteroatoms. The van der Waals surface area contributed by atoms with Gasteiger partial charge in [0.05, 0.1) is 10.7 Å². The first-order chi connectivity index (χ1) is 12.5. The van der Waals surface area contributed by atoms with Crippen LogP contribution in [0.15, 0.2) is 34.1 Å². The standard InChI is InChI=1S/C19H22BrN3O2S/c1-13-22-17(12-26-13)6-9-21-18(24)14-7-10-23(11-8-14)19(25)15-2-4-16(20)5-3-15/h2-5,12,14H,6-11H2,1H3,(H,21,24). The summed E-state index contributed by atoms with van der Waals surface area (Å²) in [4.78, 5) is 31.1. The number of nitrogens with one attached hydrogen (secondary N) is 1. The second-order valence-electron chi connectivity index (χ2n) is 6.47. The summed E-state index contributed by atoms with van der Waals surface area (Å²) in [6.07, 6.45) is 2.19. The van der Waals surface area contributed by atoms with E-state index in [1.165, 1.54) is 0 Å². The van der Waals surface area contributed by atoms with Gasteiger partial charge in [0.25, 0.3) is 5.91 Å². The van der Waals surface area contributed by atoms with Crippen LogP contribution in [-0.2, 0) is 11.2 Å². The fraction of sp³-hybridized carbons (Fsp3) is 0.421. The van der Waals surface area contributed by atoms with Crippen LogP contribution in [0.25, 0.3) is 0 Å². The molecular formula is C19H22BrN3O2S. The molecule has 0 atom stereocenters. The highest BCUT2D eigenvalue weighted by Gasteiger charge is 2.27. The smallest absolute Gasteiger partial charge is 0.253 e. The molecule has 3 rings (SSSR count). The highest BCUT2D eigenvalue weighted by Crippen LogP contribution is 2.20. The molecule has 0 spiro atoms. The lowest BCUT2D eigenvalue weighted by Crippen LogP contribution is -2.43. The van der Waals surface area contributed by atoms with Crippen LogP contribution in [0.5, 0.6) is 0 Å². The van der Waals surface area contributed by atoms with E-state index in [-0.39, 0.29) is 17.7 Å². The van der Waals surface area contributed by atoms with Gasteiger partial charge < -0.3 is 10.2 Å². The van der Waals surface area contributed by atoms with Crippen LogP contribution in [-0.4, -0.2) is 41.3 Å². The summed E-state index contributed by atoms with van der Waals surface area (Å²) in [6, 6.07) is 7.39. The highest BCUT2D eigenvalue weighted by molar-refractivity contribution is 9.10. The highest BCUT2D eigenvalue weighted by atomic mass is 79.9. The van der Waals surface area contributed by atoms with Gasteiger partial charge in [0, 0.05) is 47.4 Å². The lowest BCUT2D eigenvalue weighted by Gasteiger charge is -2.31. The van der Waals surface area contributed by atoms with Gasteiger partial charge in [0.15, 0.2) is 0 Å². The molecule has 0 bridgehead atoms. The van der Waals surface area contributed by atoms with E-state index in [9.17, 15) is 9.59 Å². The molecule has 1 aromatic carbocycles. The largest absolute Gasteiger partial charge is 0.355 e. The molecule has 0 unspecified atom stereocenters. The minimum atomic E-state index is -0.0128. The number of amides is 2. The second-order valence-corrected chi connectivity index (χ2v) is 8.45. The Balaban J connectivity index is 1.43. The van der Waals surface area contributed by atoms with Gasteiger partial charge in [-0.1, -0.05) is 15.9 Å². The summed E-state index contributed by atoms with van der Waals surface area (Å²) < 4.78 is 0.956. The average Bonchev–Trinajstić information content (AvgIpc) is 3.07. The Morgan fingerprint density at radius 2 is 1.96 bits per heavy atom. The van der Waals surface area contributed by atoms with Crippen molar-refractivity contribution in [3.05, 3.63) is 50.4 Å². The molecule has 0 radical (unpaired) electrons. The normalized spacial score (nSPS) is 15.1. The zero-order valence-electron chi connectivity index (χ0n) is 14.7. The maximum atomic E-state index is 12.5. The topological polar surface area (TPSA) is 62.3 Å². The van der Waals surface area contributed by atoms with Crippen molar-refractivity contribution in [2.24, 2.45) is 5.92 Å². The van der Waals surface area contributed by atoms with Crippen LogP contribution < -0.4 is 5.32 Å². The zero-order valence-corrected chi connectivity index (χ0v) is 17.1. The SMILES string of the molecule is Cc1nc(CCNC(=O)C2CCN(C(=O)c3ccc(Br)cc3)CC2)cs1. The van der Waals surface area contributed by atoms with Crippen molar-refractivity contribution >= 4 is 39.1 Å².